The number of para-hydroxylation sites is 1. The summed E-state index contributed by atoms with van der Waals surface area (Å²) in [5, 5.41) is 8.12. The first-order valence-electron chi connectivity index (χ1n) is 8.14. The first-order chi connectivity index (χ1) is 10.3. The van der Waals surface area contributed by atoms with Crippen molar-refractivity contribution in [3.8, 4) is 5.69 Å². The van der Waals surface area contributed by atoms with Crippen LogP contribution < -0.4 is 5.32 Å². The summed E-state index contributed by atoms with van der Waals surface area (Å²) in [6.07, 6.45) is 10.6. The van der Waals surface area contributed by atoms with Gasteiger partial charge in [0.05, 0.1) is 5.69 Å². The zero-order chi connectivity index (χ0) is 14.5. The predicted octanol–water partition coefficient (Wildman–Crippen LogP) is 3.93. The van der Waals surface area contributed by atoms with Crippen molar-refractivity contribution in [2.45, 2.75) is 51.6 Å². The van der Waals surface area contributed by atoms with Crippen LogP contribution in [0.5, 0.6) is 0 Å². The molecule has 0 saturated heterocycles. The lowest BCUT2D eigenvalue weighted by Gasteiger charge is -2.18. The van der Waals surface area contributed by atoms with Gasteiger partial charge in [0.25, 0.3) is 0 Å². The molecule has 1 saturated carbocycles. The van der Waals surface area contributed by atoms with Crippen LogP contribution in [0.4, 0.5) is 0 Å². The van der Waals surface area contributed by atoms with Crippen LogP contribution in [0.1, 0.15) is 44.6 Å². The van der Waals surface area contributed by atoms with E-state index in [2.05, 4.69) is 41.6 Å². The van der Waals surface area contributed by atoms with Crippen molar-refractivity contribution in [2.75, 3.05) is 0 Å². The fourth-order valence-electron chi connectivity index (χ4n) is 3.24. The summed E-state index contributed by atoms with van der Waals surface area (Å²) >= 11 is 0. The summed E-state index contributed by atoms with van der Waals surface area (Å²) < 4.78 is 1.95. The van der Waals surface area contributed by atoms with E-state index in [0.717, 1.165) is 12.5 Å². The molecule has 0 amide bonds. The third kappa shape index (κ3) is 3.73. The fraction of sp³-hybridized carbons (Fsp3) is 0.500. The van der Waals surface area contributed by atoms with Crippen LogP contribution in [0.15, 0.2) is 42.7 Å². The third-order valence-corrected chi connectivity index (χ3v) is 4.58. The fourth-order valence-corrected chi connectivity index (χ4v) is 3.24. The molecule has 0 radical (unpaired) electrons. The van der Waals surface area contributed by atoms with E-state index in [9.17, 15) is 0 Å². The van der Waals surface area contributed by atoms with Crippen molar-refractivity contribution in [1.29, 1.82) is 0 Å². The number of benzene rings is 1. The molecule has 112 valence electrons. The molecule has 1 N–H and O–H groups in total. The molecule has 1 fully saturated rings. The Balaban J connectivity index is 1.65. The number of hydrogen-bond donors (Lipinski definition) is 1. The Morgan fingerprint density at radius 2 is 2.05 bits per heavy atom. The molecule has 3 rings (SSSR count). The van der Waals surface area contributed by atoms with Crippen LogP contribution >= 0.6 is 0 Å². The molecule has 2 atom stereocenters. The molecule has 1 aromatic heterocycles. The first-order valence-corrected chi connectivity index (χ1v) is 8.14. The van der Waals surface area contributed by atoms with Gasteiger partial charge in [-0.05, 0) is 42.9 Å². The van der Waals surface area contributed by atoms with Crippen LogP contribution in [0.2, 0.25) is 0 Å². The van der Waals surface area contributed by atoms with Crippen molar-refractivity contribution in [3.63, 3.8) is 0 Å². The van der Waals surface area contributed by atoms with Gasteiger partial charge in [-0.3, -0.25) is 0 Å². The summed E-state index contributed by atoms with van der Waals surface area (Å²) in [5.41, 5.74) is 2.50. The standard InChI is InChI=1S/C18H25N3/c1-15-6-4-8-17(11-10-15)19-14-16-7-2-3-9-18(16)21-13-5-12-20-21/h2-3,5,7,9,12-13,15,17,19H,4,6,8,10-11,14H2,1H3. The lowest BCUT2D eigenvalue weighted by atomic mass is 10.0. The number of rotatable bonds is 4. The first kappa shape index (κ1) is 14.3. The predicted molar refractivity (Wildman–Crippen MR) is 86.4 cm³/mol. The maximum Gasteiger partial charge on any atom is 0.0690 e. The van der Waals surface area contributed by atoms with Crippen LogP contribution in [0, 0.1) is 5.92 Å². The van der Waals surface area contributed by atoms with Gasteiger partial charge < -0.3 is 5.32 Å². The molecule has 1 aliphatic rings. The zero-order valence-corrected chi connectivity index (χ0v) is 12.8. The Labute approximate surface area is 127 Å². The lowest BCUT2D eigenvalue weighted by Crippen LogP contribution is -2.28. The molecule has 2 unspecified atom stereocenters. The highest BCUT2D eigenvalue weighted by molar-refractivity contribution is 5.40. The minimum Gasteiger partial charge on any atom is -0.310 e. The molecular formula is C18H25N3. The Hall–Kier alpha value is -1.61. The largest absolute Gasteiger partial charge is 0.310 e. The van der Waals surface area contributed by atoms with E-state index in [-0.39, 0.29) is 0 Å². The molecule has 3 heteroatoms. The van der Waals surface area contributed by atoms with E-state index in [4.69, 9.17) is 0 Å². The van der Waals surface area contributed by atoms with E-state index in [0.29, 0.717) is 6.04 Å². The van der Waals surface area contributed by atoms with E-state index in [1.54, 1.807) is 0 Å². The number of nitrogens with one attached hydrogen (secondary N) is 1. The van der Waals surface area contributed by atoms with Crippen LogP contribution in [-0.2, 0) is 6.54 Å². The second kappa shape index (κ2) is 6.90. The number of nitrogens with zero attached hydrogens (tertiary/aromatic N) is 2. The van der Waals surface area contributed by atoms with E-state index in [1.165, 1.54) is 43.4 Å². The summed E-state index contributed by atoms with van der Waals surface area (Å²) in [6.45, 7) is 3.31. The molecule has 1 aromatic carbocycles. The van der Waals surface area contributed by atoms with Gasteiger partial charge in [-0.2, -0.15) is 5.10 Å². The topological polar surface area (TPSA) is 29.9 Å². The van der Waals surface area contributed by atoms with E-state index in [1.807, 2.05) is 23.1 Å². The molecule has 2 aromatic rings. The Bertz CT molecular complexity index is 547. The molecule has 0 bridgehead atoms. The molecule has 21 heavy (non-hydrogen) atoms. The van der Waals surface area contributed by atoms with Gasteiger partial charge in [0, 0.05) is 25.0 Å². The molecule has 1 heterocycles. The molecule has 3 nitrogen and oxygen atoms in total. The minimum absolute atomic E-state index is 0.667. The summed E-state index contributed by atoms with van der Waals surface area (Å²) in [7, 11) is 0. The second-order valence-corrected chi connectivity index (χ2v) is 6.27. The van der Waals surface area contributed by atoms with Gasteiger partial charge in [-0.1, -0.05) is 38.0 Å². The summed E-state index contributed by atoms with van der Waals surface area (Å²) in [4.78, 5) is 0. The highest BCUT2D eigenvalue weighted by Crippen LogP contribution is 2.23. The van der Waals surface area contributed by atoms with Crippen molar-refractivity contribution in [2.24, 2.45) is 5.92 Å². The van der Waals surface area contributed by atoms with Crippen LogP contribution in [0.25, 0.3) is 5.69 Å². The highest BCUT2D eigenvalue weighted by Gasteiger charge is 2.16. The zero-order valence-electron chi connectivity index (χ0n) is 12.8. The van der Waals surface area contributed by atoms with Gasteiger partial charge in [0.1, 0.15) is 0 Å². The van der Waals surface area contributed by atoms with Gasteiger partial charge >= 0.3 is 0 Å². The molecular weight excluding hydrogens is 258 g/mol. The van der Waals surface area contributed by atoms with Gasteiger partial charge in [0.15, 0.2) is 0 Å². The molecule has 1 aliphatic carbocycles. The number of hydrogen-bond acceptors (Lipinski definition) is 2. The van der Waals surface area contributed by atoms with Crippen molar-refractivity contribution in [3.05, 3.63) is 48.3 Å². The van der Waals surface area contributed by atoms with E-state index < -0.39 is 0 Å². The SMILES string of the molecule is CC1CCCC(NCc2ccccc2-n2cccn2)CC1. The van der Waals surface area contributed by atoms with Gasteiger partial charge in [-0.25, -0.2) is 4.68 Å². The minimum atomic E-state index is 0.667. The van der Waals surface area contributed by atoms with Gasteiger partial charge in [0.2, 0.25) is 0 Å². The lowest BCUT2D eigenvalue weighted by molar-refractivity contribution is 0.447. The van der Waals surface area contributed by atoms with Crippen molar-refractivity contribution in [1.82, 2.24) is 15.1 Å². The van der Waals surface area contributed by atoms with Crippen LogP contribution in [-0.4, -0.2) is 15.8 Å². The monoisotopic (exact) mass is 283 g/mol. The Morgan fingerprint density at radius 3 is 2.90 bits per heavy atom. The number of aromatic nitrogens is 2. The van der Waals surface area contributed by atoms with Crippen molar-refractivity contribution < 1.29 is 0 Å². The smallest absolute Gasteiger partial charge is 0.0690 e. The van der Waals surface area contributed by atoms with Crippen molar-refractivity contribution >= 4 is 0 Å². The summed E-state index contributed by atoms with van der Waals surface area (Å²) in [6, 6.07) is 11.2. The Morgan fingerprint density at radius 1 is 1.14 bits per heavy atom. The second-order valence-electron chi connectivity index (χ2n) is 6.27. The van der Waals surface area contributed by atoms with E-state index >= 15 is 0 Å². The molecule has 0 spiro atoms. The normalized spacial score (nSPS) is 22.9. The maximum absolute atomic E-state index is 4.36. The Kier molecular flexibility index (Phi) is 4.71. The maximum atomic E-state index is 4.36. The van der Waals surface area contributed by atoms with Crippen LogP contribution in [0.3, 0.4) is 0 Å². The summed E-state index contributed by atoms with van der Waals surface area (Å²) in [5.74, 6) is 0.896. The highest BCUT2D eigenvalue weighted by atomic mass is 15.3. The van der Waals surface area contributed by atoms with Gasteiger partial charge in [-0.15, -0.1) is 0 Å². The average Bonchev–Trinajstić information content (AvgIpc) is 2.96. The average molecular weight is 283 g/mol. The third-order valence-electron chi connectivity index (χ3n) is 4.58. The molecule has 0 aliphatic heterocycles. The quantitative estimate of drug-likeness (QED) is 0.862.